The molecule has 0 amide bonds. The van der Waals surface area contributed by atoms with Crippen LogP contribution in [0.1, 0.15) is 36.7 Å². The molecule has 1 aliphatic heterocycles. The summed E-state index contributed by atoms with van der Waals surface area (Å²) in [5, 5.41) is 5.47. The molecule has 0 atom stereocenters. The van der Waals surface area contributed by atoms with Gasteiger partial charge >= 0.3 is 0 Å². The molecule has 19 heavy (non-hydrogen) atoms. The first kappa shape index (κ1) is 13.2. The number of nitrogens with zero attached hydrogens (tertiary/aromatic N) is 2. The highest BCUT2D eigenvalue weighted by molar-refractivity contribution is 9.10. The Kier molecular flexibility index (Phi) is 3.69. The number of fused-ring (bicyclic) bond motifs is 1. The molecule has 2 aromatic heterocycles. The van der Waals surface area contributed by atoms with E-state index in [1.54, 1.807) is 11.3 Å². The Labute approximate surface area is 125 Å². The second-order valence-electron chi connectivity index (χ2n) is 5.07. The smallest absolute Gasteiger partial charge is 0.170 e. The Morgan fingerprint density at radius 2 is 2.21 bits per heavy atom. The highest BCUT2D eigenvalue weighted by atomic mass is 79.9. The number of aromatic nitrogens is 2. The minimum absolute atomic E-state index is 0.442. The minimum atomic E-state index is 0.442. The molecule has 0 aromatic carbocycles. The average Bonchev–Trinajstić information content (AvgIpc) is 2.84. The number of rotatable bonds is 2. The number of hydrogen-bond acceptors (Lipinski definition) is 4. The summed E-state index contributed by atoms with van der Waals surface area (Å²) < 4.78 is 1.10. The van der Waals surface area contributed by atoms with Gasteiger partial charge < -0.3 is 5.32 Å². The van der Waals surface area contributed by atoms with Crippen molar-refractivity contribution in [1.29, 1.82) is 0 Å². The molecular formula is C14H16BrN3S. The minimum Gasteiger partial charge on any atom is -0.311 e. The van der Waals surface area contributed by atoms with Gasteiger partial charge in [0, 0.05) is 16.4 Å². The summed E-state index contributed by atoms with van der Waals surface area (Å²) in [5.74, 6) is 1.30. The maximum Gasteiger partial charge on any atom is 0.170 e. The van der Waals surface area contributed by atoms with Crippen LogP contribution < -0.4 is 5.32 Å². The number of thiophene rings is 1. The van der Waals surface area contributed by atoms with Crippen LogP contribution in [0.25, 0.3) is 10.7 Å². The largest absolute Gasteiger partial charge is 0.311 e. The van der Waals surface area contributed by atoms with Gasteiger partial charge in [-0.3, -0.25) is 0 Å². The Balaban J connectivity index is 2.14. The lowest BCUT2D eigenvalue weighted by Gasteiger charge is -2.21. The van der Waals surface area contributed by atoms with Crippen molar-refractivity contribution in [3.8, 4) is 10.7 Å². The van der Waals surface area contributed by atoms with Gasteiger partial charge in [0.1, 0.15) is 0 Å². The maximum absolute atomic E-state index is 4.82. The van der Waals surface area contributed by atoms with Crippen LogP contribution in [0.3, 0.4) is 0 Å². The molecule has 3 nitrogen and oxygen atoms in total. The third-order valence-electron chi connectivity index (χ3n) is 3.30. The summed E-state index contributed by atoms with van der Waals surface area (Å²) in [6.07, 6.45) is 1.04. The van der Waals surface area contributed by atoms with Gasteiger partial charge in [-0.15, -0.1) is 11.3 Å². The van der Waals surface area contributed by atoms with E-state index in [9.17, 15) is 0 Å². The lowest BCUT2D eigenvalue weighted by Crippen LogP contribution is -2.27. The van der Waals surface area contributed by atoms with Crippen LogP contribution in [-0.4, -0.2) is 16.5 Å². The van der Waals surface area contributed by atoms with Gasteiger partial charge in [0.15, 0.2) is 5.82 Å². The van der Waals surface area contributed by atoms with Gasteiger partial charge in [0.05, 0.1) is 16.3 Å². The van der Waals surface area contributed by atoms with E-state index in [4.69, 9.17) is 9.97 Å². The van der Waals surface area contributed by atoms with Crippen LogP contribution in [0.4, 0.5) is 0 Å². The van der Waals surface area contributed by atoms with E-state index in [0.717, 1.165) is 34.7 Å². The van der Waals surface area contributed by atoms with Crippen molar-refractivity contribution in [3.63, 3.8) is 0 Å². The van der Waals surface area contributed by atoms with Crippen LogP contribution in [0, 0.1) is 0 Å². The molecule has 0 aliphatic carbocycles. The normalized spacial score (nSPS) is 14.7. The zero-order valence-corrected chi connectivity index (χ0v) is 13.4. The Morgan fingerprint density at radius 1 is 1.37 bits per heavy atom. The van der Waals surface area contributed by atoms with Crippen LogP contribution in [0.15, 0.2) is 15.9 Å². The predicted octanol–water partition coefficient (Wildman–Crippen LogP) is 3.74. The zero-order valence-electron chi connectivity index (χ0n) is 11.0. The lowest BCUT2D eigenvalue weighted by atomic mass is 9.97. The van der Waals surface area contributed by atoms with Crippen molar-refractivity contribution in [3.05, 3.63) is 32.9 Å². The van der Waals surface area contributed by atoms with E-state index in [2.05, 4.69) is 46.5 Å². The second kappa shape index (κ2) is 5.31. The van der Waals surface area contributed by atoms with Gasteiger partial charge in [-0.05, 0) is 46.4 Å². The number of nitrogens with one attached hydrogen (secondary N) is 1. The molecule has 0 radical (unpaired) electrons. The van der Waals surface area contributed by atoms with Gasteiger partial charge in [-0.25, -0.2) is 9.97 Å². The molecule has 0 saturated carbocycles. The average molecular weight is 338 g/mol. The monoisotopic (exact) mass is 337 g/mol. The number of halogens is 1. The first-order valence-electron chi connectivity index (χ1n) is 6.50. The highest BCUT2D eigenvalue weighted by Gasteiger charge is 2.20. The SMILES string of the molecule is CC(C)c1nc(-c2cc(Br)cs2)nc2c1CCNC2. The van der Waals surface area contributed by atoms with Crippen molar-refractivity contribution >= 4 is 27.3 Å². The Morgan fingerprint density at radius 3 is 2.89 bits per heavy atom. The Bertz CT molecular complexity index is 607. The molecule has 5 heteroatoms. The van der Waals surface area contributed by atoms with Gasteiger partial charge in [-0.1, -0.05) is 13.8 Å². The van der Waals surface area contributed by atoms with Crippen LogP contribution in [0.5, 0.6) is 0 Å². The summed E-state index contributed by atoms with van der Waals surface area (Å²) in [6.45, 7) is 6.30. The summed E-state index contributed by atoms with van der Waals surface area (Å²) in [5.41, 5.74) is 3.74. The molecule has 0 spiro atoms. The zero-order chi connectivity index (χ0) is 13.4. The van der Waals surface area contributed by atoms with E-state index in [0.29, 0.717) is 5.92 Å². The lowest BCUT2D eigenvalue weighted by molar-refractivity contribution is 0.609. The standard InChI is InChI=1S/C14H16BrN3S/c1-8(2)13-10-3-4-16-6-11(10)17-14(18-13)12-5-9(15)7-19-12/h5,7-8,16H,3-4,6H2,1-2H3. The van der Waals surface area contributed by atoms with Crippen LogP contribution in [0.2, 0.25) is 0 Å². The third-order valence-corrected chi connectivity index (χ3v) is 4.99. The summed E-state index contributed by atoms with van der Waals surface area (Å²) in [6, 6.07) is 2.09. The van der Waals surface area contributed by atoms with E-state index in [1.807, 2.05) is 0 Å². The van der Waals surface area contributed by atoms with Crippen LogP contribution >= 0.6 is 27.3 Å². The molecule has 1 N–H and O–H groups in total. The van der Waals surface area contributed by atoms with Crippen LogP contribution in [-0.2, 0) is 13.0 Å². The molecule has 100 valence electrons. The van der Waals surface area contributed by atoms with Crippen molar-refractivity contribution in [1.82, 2.24) is 15.3 Å². The van der Waals surface area contributed by atoms with E-state index >= 15 is 0 Å². The van der Waals surface area contributed by atoms with Crippen molar-refractivity contribution in [2.24, 2.45) is 0 Å². The summed E-state index contributed by atoms with van der Waals surface area (Å²) in [7, 11) is 0. The maximum atomic E-state index is 4.82. The van der Waals surface area contributed by atoms with Gasteiger partial charge in [0.25, 0.3) is 0 Å². The first-order valence-corrected chi connectivity index (χ1v) is 8.17. The van der Waals surface area contributed by atoms with Crippen molar-refractivity contribution in [2.45, 2.75) is 32.7 Å². The fourth-order valence-corrected chi connectivity index (χ4v) is 3.77. The highest BCUT2D eigenvalue weighted by Crippen LogP contribution is 2.31. The topological polar surface area (TPSA) is 37.8 Å². The fourth-order valence-electron chi connectivity index (χ4n) is 2.41. The van der Waals surface area contributed by atoms with E-state index < -0.39 is 0 Å². The molecular weight excluding hydrogens is 322 g/mol. The fraction of sp³-hybridized carbons (Fsp3) is 0.429. The molecule has 3 rings (SSSR count). The van der Waals surface area contributed by atoms with Crippen molar-refractivity contribution in [2.75, 3.05) is 6.54 Å². The predicted molar refractivity (Wildman–Crippen MR) is 82.5 cm³/mol. The molecule has 0 bridgehead atoms. The molecule has 3 heterocycles. The summed E-state index contributed by atoms with van der Waals surface area (Å²) >= 11 is 5.18. The third kappa shape index (κ3) is 2.59. The quantitative estimate of drug-likeness (QED) is 0.907. The number of hydrogen-bond donors (Lipinski definition) is 1. The van der Waals surface area contributed by atoms with E-state index in [-0.39, 0.29) is 0 Å². The molecule has 0 fully saturated rings. The molecule has 1 aliphatic rings. The molecule has 2 aromatic rings. The van der Waals surface area contributed by atoms with E-state index in [1.165, 1.54) is 17.0 Å². The molecule has 0 saturated heterocycles. The summed E-state index contributed by atoms with van der Waals surface area (Å²) in [4.78, 5) is 10.7. The first-order chi connectivity index (χ1) is 9.15. The second-order valence-corrected chi connectivity index (χ2v) is 6.90. The van der Waals surface area contributed by atoms with Gasteiger partial charge in [-0.2, -0.15) is 0 Å². The molecule has 0 unspecified atom stereocenters. The van der Waals surface area contributed by atoms with Crippen molar-refractivity contribution < 1.29 is 0 Å². The van der Waals surface area contributed by atoms with Gasteiger partial charge in [0.2, 0.25) is 0 Å². The Hall–Kier alpha value is -0.780.